The second kappa shape index (κ2) is 7.88. The zero-order chi connectivity index (χ0) is 19.8. The Bertz CT molecular complexity index is 1030. The van der Waals surface area contributed by atoms with Crippen molar-refractivity contribution in [2.75, 3.05) is 26.0 Å². The number of nitrogens with zero attached hydrogens (tertiary/aromatic N) is 2. The molecule has 0 N–H and O–H groups in total. The lowest BCUT2D eigenvalue weighted by atomic mass is 9.77. The summed E-state index contributed by atoms with van der Waals surface area (Å²) in [5.41, 5.74) is 3.50. The molecule has 2 bridgehead atoms. The minimum Gasteiger partial charge on any atom is -0.452 e. The molecule has 3 aromatic rings. The first-order valence-electron chi connectivity index (χ1n) is 10.4. The summed E-state index contributed by atoms with van der Waals surface area (Å²) in [5, 5.41) is 1.21. The minimum atomic E-state index is -0.270. The van der Waals surface area contributed by atoms with Crippen LogP contribution >= 0.6 is 11.8 Å². The lowest BCUT2D eigenvalue weighted by Crippen LogP contribution is -2.42. The maximum Gasteiger partial charge on any atom is 0.418 e. The summed E-state index contributed by atoms with van der Waals surface area (Å²) < 4.78 is 6.96. The Kier molecular flexibility index (Phi) is 5.10. The summed E-state index contributed by atoms with van der Waals surface area (Å²) in [6, 6.07) is 19.3. The fraction of sp³-hybridized carbons (Fsp3) is 0.375. The number of carbonyl (C=O) groups is 1. The van der Waals surface area contributed by atoms with E-state index < -0.39 is 0 Å². The van der Waals surface area contributed by atoms with E-state index in [2.05, 4.69) is 47.4 Å². The molecule has 1 saturated heterocycles. The molecule has 2 aromatic carbocycles. The van der Waals surface area contributed by atoms with Gasteiger partial charge in [0.2, 0.25) is 0 Å². The Morgan fingerprint density at radius 2 is 1.93 bits per heavy atom. The Hall–Kier alpha value is -2.24. The van der Waals surface area contributed by atoms with Crippen LogP contribution in [0, 0.1) is 5.92 Å². The van der Waals surface area contributed by atoms with Crippen LogP contribution in [-0.4, -0.2) is 41.5 Å². The van der Waals surface area contributed by atoms with Crippen LogP contribution in [0.1, 0.15) is 30.1 Å². The number of piperidine rings is 1. The van der Waals surface area contributed by atoms with Gasteiger partial charge in [0.25, 0.3) is 0 Å². The maximum atomic E-state index is 12.6. The quantitative estimate of drug-likeness (QED) is 0.547. The minimum absolute atomic E-state index is 0.270. The van der Waals surface area contributed by atoms with Crippen molar-refractivity contribution < 1.29 is 9.53 Å². The summed E-state index contributed by atoms with van der Waals surface area (Å²) in [7, 11) is 1.47. The van der Waals surface area contributed by atoms with E-state index in [1.165, 1.54) is 41.5 Å². The highest BCUT2D eigenvalue weighted by molar-refractivity contribution is 7.99. The number of thioether (sulfide) groups is 1. The van der Waals surface area contributed by atoms with Gasteiger partial charge in [0, 0.05) is 34.3 Å². The molecule has 0 amide bonds. The molecule has 2 heterocycles. The molecule has 0 saturated carbocycles. The van der Waals surface area contributed by atoms with Crippen LogP contribution in [0.3, 0.4) is 0 Å². The van der Waals surface area contributed by atoms with Gasteiger partial charge in [-0.1, -0.05) is 36.4 Å². The van der Waals surface area contributed by atoms with Crippen LogP contribution in [0.5, 0.6) is 0 Å². The standard InChI is InChI=1S/C24H26N2O2S/c1-28-24(27)26-20-10-6-5-9-19(20)23-21-15-17(16-22(23)26)11-12-25(21)13-14-29-18-7-3-2-4-8-18/h2-10,17,21H,11-16H2,1H3/t17-,21+/m0/s1. The number of hydrogen-bond acceptors (Lipinski definition) is 4. The van der Waals surface area contributed by atoms with Crippen molar-refractivity contribution in [3.05, 3.63) is 65.9 Å². The molecule has 4 nitrogen and oxygen atoms in total. The van der Waals surface area contributed by atoms with Crippen molar-refractivity contribution in [2.45, 2.75) is 30.2 Å². The van der Waals surface area contributed by atoms with E-state index in [1.54, 1.807) is 0 Å². The van der Waals surface area contributed by atoms with E-state index >= 15 is 0 Å². The van der Waals surface area contributed by atoms with Gasteiger partial charge in [0.05, 0.1) is 12.6 Å². The first kappa shape index (κ1) is 18.8. The second-order valence-corrected chi connectivity index (χ2v) is 9.16. The van der Waals surface area contributed by atoms with Crippen LogP contribution in [0.2, 0.25) is 0 Å². The Labute approximate surface area is 175 Å². The van der Waals surface area contributed by atoms with Gasteiger partial charge in [0.15, 0.2) is 0 Å². The number of carbonyl (C=O) groups excluding carboxylic acids is 1. The van der Waals surface area contributed by atoms with Gasteiger partial charge < -0.3 is 4.74 Å². The molecular weight excluding hydrogens is 380 g/mol. The van der Waals surface area contributed by atoms with Crippen molar-refractivity contribution in [3.63, 3.8) is 0 Å². The van der Waals surface area contributed by atoms with Crippen LogP contribution in [0.25, 0.3) is 10.9 Å². The summed E-state index contributed by atoms with van der Waals surface area (Å²) in [6.07, 6.45) is 3.10. The van der Waals surface area contributed by atoms with E-state index in [9.17, 15) is 4.79 Å². The van der Waals surface area contributed by atoms with Crippen molar-refractivity contribution in [3.8, 4) is 0 Å². The molecule has 0 unspecified atom stereocenters. The van der Waals surface area contributed by atoms with Gasteiger partial charge in [-0.3, -0.25) is 4.90 Å². The highest BCUT2D eigenvalue weighted by Gasteiger charge is 2.39. The first-order valence-corrected chi connectivity index (χ1v) is 11.4. The highest BCUT2D eigenvalue weighted by Crippen LogP contribution is 2.46. The molecular formula is C24H26N2O2S. The number of fused-ring (bicyclic) bond motifs is 6. The largest absolute Gasteiger partial charge is 0.452 e. The Balaban J connectivity index is 1.46. The number of benzene rings is 2. The lowest BCUT2D eigenvalue weighted by molar-refractivity contribution is 0.106. The molecule has 5 heteroatoms. The molecule has 0 spiro atoms. The predicted octanol–water partition coefficient (Wildman–Crippen LogP) is 5.36. The van der Waals surface area contributed by atoms with Gasteiger partial charge in [-0.25, -0.2) is 9.36 Å². The highest BCUT2D eigenvalue weighted by atomic mass is 32.2. The number of rotatable bonds is 4. The van der Waals surface area contributed by atoms with Crippen molar-refractivity contribution in [1.29, 1.82) is 0 Å². The number of ether oxygens (including phenoxy) is 1. The van der Waals surface area contributed by atoms with Gasteiger partial charge in [-0.15, -0.1) is 11.8 Å². The van der Waals surface area contributed by atoms with E-state index in [0.717, 1.165) is 30.8 Å². The number of methoxy groups -OCH3 is 1. The summed E-state index contributed by atoms with van der Waals surface area (Å²) in [6.45, 7) is 2.20. The molecule has 0 radical (unpaired) electrons. The third-order valence-electron chi connectivity index (χ3n) is 6.40. The number of likely N-dealkylation sites (tertiary alicyclic amines) is 1. The smallest absolute Gasteiger partial charge is 0.418 e. The molecule has 5 rings (SSSR count). The maximum absolute atomic E-state index is 12.6. The van der Waals surface area contributed by atoms with E-state index in [4.69, 9.17) is 4.74 Å². The fourth-order valence-corrected chi connectivity index (χ4v) is 6.01. The molecule has 29 heavy (non-hydrogen) atoms. The average Bonchev–Trinajstić information content (AvgIpc) is 3.09. The summed E-state index contributed by atoms with van der Waals surface area (Å²) in [4.78, 5) is 16.6. The topological polar surface area (TPSA) is 34.5 Å². The van der Waals surface area contributed by atoms with E-state index in [1.807, 2.05) is 28.5 Å². The van der Waals surface area contributed by atoms with Gasteiger partial charge in [-0.2, -0.15) is 0 Å². The molecule has 150 valence electrons. The monoisotopic (exact) mass is 406 g/mol. The zero-order valence-electron chi connectivity index (χ0n) is 16.7. The Morgan fingerprint density at radius 1 is 1.14 bits per heavy atom. The van der Waals surface area contributed by atoms with Crippen LogP contribution in [0.15, 0.2) is 59.5 Å². The van der Waals surface area contributed by atoms with Gasteiger partial charge in [0.1, 0.15) is 0 Å². The van der Waals surface area contributed by atoms with E-state index in [0.29, 0.717) is 12.0 Å². The zero-order valence-corrected chi connectivity index (χ0v) is 17.5. The summed E-state index contributed by atoms with van der Waals surface area (Å²) >= 11 is 1.92. The van der Waals surface area contributed by atoms with Crippen molar-refractivity contribution in [1.82, 2.24) is 9.47 Å². The normalized spacial score (nSPS) is 21.1. The second-order valence-electron chi connectivity index (χ2n) is 7.99. The third-order valence-corrected chi connectivity index (χ3v) is 7.39. The molecule has 2 atom stereocenters. The molecule has 1 aliphatic carbocycles. The van der Waals surface area contributed by atoms with Crippen LogP contribution in [0.4, 0.5) is 4.79 Å². The predicted molar refractivity (Wildman–Crippen MR) is 118 cm³/mol. The lowest BCUT2D eigenvalue weighted by Gasteiger charge is -2.43. The van der Waals surface area contributed by atoms with Crippen LogP contribution < -0.4 is 0 Å². The number of para-hydroxylation sites is 1. The molecule has 2 aliphatic rings. The molecule has 1 aromatic heterocycles. The Morgan fingerprint density at radius 3 is 2.76 bits per heavy atom. The van der Waals surface area contributed by atoms with Gasteiger partial charge in [-0.05, 0) is 55.5 Å². The SMILES string of the molecule is COC(=O)n1c2c(c3ccccc31)[C@H]1C[C@H](CCN1CCSc1ccccc1)C2. The van der Waals surface area contributed by atoms with E-state index in [-0.39, 0.29) is 6.09 Å². The number of hydrogen-bond donors (Lipinski definition) is 0. The fourth-order valence-electron chi connectivity index (χ4n) is 5.10. The molecule has 1 aliphatic heterocycles. The number of aromatic nitrogens is 1. The van der Waals surface area contributed by atoms with Gasteiger partial charge >= 0.3 is 6.09 Å². The first-order chi connectivity index (χ1) is 14.3. The van der Waals surface area contributed by atoms with Crippen molar-refractivity contribution >= 4 is 28.8 Å². The average molecular weight is 407 g/mol. The molecule has 1 fully saturated rings. The van der Waals surface area contributed by atoms with Crippen LogP contribution in [-0.2, 0) is 11.2 Å². The summed E-state index contributed by atoms with van der Waals surface area (Å²) in [5.74, 6) is 1.73. The van der Waals surface area contributed by atoms with Crippen molar-refractivity contribution in [2.24, 2.45) is 5.92 Å². The third kappa shape index (κ3) is 3.36.